The second-order valence-electron chi connectivity index (χ2n) is 5.47. The first-order valence-corrected chi connectivity index (χ1v) is 9.40. The molecule has 122 valence electrons. The lowest BCUT2D eigenvalue weighted by atomic mass is 10.3. The van der Waals surface area contributed by atoms with Crippen LogP contribution in [0.2, 0.25) is 0 Å². The van der Waals surface area contributed by atoms with Crippen molar-refractivity contribution >= 4 is 21.4 Å². The molecule has 0 aliphatic rings. The number of nitrogens with one attached hydrogen (secondary N) is 2. The van der Waals surface area contributed by atoms with Crippen molar-refractivity contribution in [3.8, 4) is 0 Å². The minimum atomic E-state index is -3.46. The monoisotopic (exact) mass is 334 g/mol. The molecular weight excluding hydrogens is 308 g/mol. The zero-order valence-electron chi connectivity index (χ0n) is 13.4. The number of ether oxygens (including phenoxy) is 1. The van der Waals surface area contributed by atoms with E-state index in [0.717, 1.165) is 9.75 Å². The maximum atomic E-state index is 12.4. The number of aryl methyl sites for hydroxylation is 1. The Morgan fingerprint density at radius 1 is 1.33 bits per heavy atom. The summed E-state index contributed by atoms with van der Waals surface area (Å²) in [4.78, 5) is 2.24. The van der Waals surface area contributed by atoms with Crippen LogP contribution in [0.25, 0.3) is 0 Å². The van der Waals surface area contributed by atoms with Crippen molar-refractivity contribution in [1.29, 1.82) is 0 Å². The molecule has 0 bridgehead atoms. The first-order valence-electron chi connectivity index (χ1n) is 7.10. The molecule has 1 aromatic rings. The molecular formula is C14H26N2O3S2. The average molecular weight is 335 g/mol. The number of hydrogen-bond donors (Lipinski definition) is 2. The first kappa shape index (κ1) is 18.6. The Morgan fingerprint density at radius 2 is 2.00 bits per heavy atom. The lowest BCUT2D eigenvalue weighted by Gasteiger charge is -2.13. The van der Waals surface area contributed by atoms with Crippen molar-refractivity contribution < 1.29 is 13.2 Å². The average Bonchev–Trinajstić information content (AvgIpc) is 2.75. The summed E-state index contributed by atoms with van der Waals surface area (Å²) < 4.78 is 32.5. The Balaban J connectivity index is 2.78. The number of methoxy groups -OCH3 is 1. The van der Waals surface area contributed by atoms with Crippen LogP contribution in [0.3, 0.4) is 0 Å². The van der Waals surface area contributed by atoms with Gasteiger partial charge in [0.2, 0.25) is 10.0 Å². The fraction of sp³-hybridized carbons (Fsp3) is 0.714. The lowest BCUT2D eigenvalue weighted by molar-refractivity contribution is 0.188. The van der Waals surface area contributed by atoms with Gasteiger partial charge in [0.25, 0.3) is 0 Å². The van der Waals surface area contributed by atoms with Crippen LogP contribution in [-0.2, 0) is 21.3 Å². The number of hydrogen-bond acceptors (Lipinski definition) is 5. The molecule has 0 saturated carbocycles. The van der Waals surface area contributed by atoms with Crippen LogP contribution in [0.5, 0.6) is 0 Å². The van der Waals surface area contributed by atoms with Gasteiger partial charge in [0.15, 0.2) is 0 Å². The summed E-state index contributed by atoms with van der Waals surface area (Å²) in [6.45, 7) is 9.06. The van der Waals surface area contributed by atoms with Gasteiger partial charge in [-0.1, -0.05) is 13.8 Å². The summed E-state index contributed by atoms with van der Waals surface area (Å²) in [5, 5.41) is 3.30. The second kappa shape index (κ2) is 8.24. The normalized spacial score (nSPS) is 13.8. The molecule has 0 radical (unpaired) electrons. The predicted octanol–water partition coefficient (Wildman–Crippen LogP) is 2.26. The van der Waals surface area contributed by atoms with Crippen LogP contribution in [0.15, 0.2) is 11.0 Å². The van der Waals surface area contributed by atoms with Gasteiger partial charge in [-0.15, -0.1) is 11.3 Å². The molecule has 1 heterocycles. The molecule has 5 nitrogen and oxygen atoms in total. The van der Waals surface area contributed by atoms with Crippen molar-refractivity contribution in [2.24, 2.45) is 0 Å². The Labute approximate surface area is 132 Å². The van der Waals surface area contributed by atoms with Gasteiger partial charge in [-0.2, -0.15) is 0 Å². The van der Waals surface area contributed by atoms with Gasteiger partial charge in [0, 0.05) is 42.1 Å². The molecule has 0 aliphatic heterocycles. The molecule has 21 heavy (non-hydrogen) atoms. The molecule has 0 aromatic carbocycles. The summed E-state index contributed by atoms with van der Waals surface area (Å²) in [6, 6.07) is 1.99. The third-order valence-electron chi connectivity index (χ3n) is 3.01. The Bertz CT molecular complexity index is 538. The van der Waals surface area contributed by atoms with E-state index in [1.165, 1.54) is 11.3 Å². The first-order chi connectivity index (χ1) is 9.76. The number of rotatable bonds is 9. The van der Waals surface area contributed by atoms with Crippen LogP contribution < -0.4 is 10.0 Å². The zero-order chi connectivity index (χ0) is 16.0. The summed E-state index contributed by atoms with van der Waals surface area (Å²) in [5.41, 5.74) is 0. The second-order valence-corrected chi connectivity index (χ2v) is 8.50. The maximum Gasteiger partial charge on any atom is 0.241 e. The van der Waals surface area contributed by atoms with E-state index >= 15 is 0 Å². The molecule has 2 N–H and O–H groups in total. The van der Waals surface area contributed by atoms with Crippen molar-refractivity contribution in [1.82, 2.24) is 10.0 Å². The third-order valence-corrected chi connectivity index (χ3v) is 5.90. The van der Waals surface area contributed by atoms with E-state index in [0.29, 0.717) is 30.5 Å². The molecule has 0 aliphatic carbocycles. The van der Waals surface area contributed by atoms with Gasteiger partial charge >= 0.3 is 0 Å². The SMILES string of the molecule is COCCC(C)NS(=O)(=O)c1cc(CNC(C)C)sc1C. The van der Waals surface area contributed by atoms with Crippen molar-refractivity contribution in [2.45, 2.75) is 57.6 Å². The van der Waals surface area contributed by atoms with E-state index in [1.54, 1.807) is 13.2 Å². The van der Waals surface area contributed by atoms with E-state index in [4.69, 9.17) is 4.74 Å². The van der Waals surface area contributed by atoms with Gasteiger partial charge in [0.1, 0.15) is 0 Å². The molecule has 0 saturated heterocycles. The van der Waals surface area contributed by atoms with Gasteiger partial charge in [0.05, 0.1) is 4.90 Å². The van der Waals surface area contributed by atoms with Crippen LogP contribution in [-0.4, -0.2) is 34.2 Å². The van der Waals surface area contributed by atoms with E-state index in [1.807, 2.05) is 13.8 Å². The van der Waals surface area contributed by atoms with Gasteiger partial charge in [-0.3, -0.25) is 0 Å². The van der Waals surface area contributed by atoms with Crippen LogP contribution >= 0.6 is 11.3 Å². The lowest BCUT2D eigenvalue weighted by Crippen LogP contribution is -2.33. The molecule has 0 amide bonds. The minimum absolute atomic E-state index is 0.147. The zero-order valence-corrected chi connectivity index (χ0v) is 15.0. The van der Waals surface area contributed by atoms with Crippen LogP contribution in [0.1, 0.15) is 36.9 Å². The molecule has 1 atom stereocenters. The summed E-state index contributed by atoms with van der Waals surface area (Å²) >= 11 is 1.52. The number of sulfonamides is 1. The minimum Gasteiger partial charge on any atom is -0.385 e. The molecule has 1 rings (SSSR count). The van der Waals surface area contributed by atoms with Gasteiger partial charge in [-0.25, -0.2) is 13.1 Å². The van der Waals surface area contributed by atoms with Gasteiger partial charge in [-0.05, 0) is 26.3 Å². The highest BCUT2D eigenvalue weighted by atomic mass is 32.2. The molecule has 0 fully saturated rings. The molecule has 1 unspecified atom stereocenters. The van der Waals surface area contributed by atoms with E-state index in [9.17, 15) is 8.42 Å². The quantitative estimate of drug-likeness (QED) is 0.727. The van der Waals surface area contributed by atoms with Crippen LogP contribution in [0, 0.1) is 6.92 Å². The fourth-order valence-corrected chi connectivity index (χ4v) is 4.73. The molecule has 1 aromatic heterocycles. The number of thiophene rings is 1. The Morgan fingerprint density at radius 3 is 2.57 bits per heavy atom. The topological polar surface area (TPSA) is 67.4 Å². The van der Waals surface area contributed by atoms with Crippen molar-refractivity contribution in [3.63, 3.8) is 0 Å². The highest BCUT2D eigenvalue weighted by Crippen LogP contribution is 2.26. The van der Waals surface area contributed by atoms with Crippen LogP contribution in [0.4, 0.5) is 0 Å². The highest BCUT2D eigenvalue weighted by Gasteiger charge is 2.21. The van der Waals surface area contributed by atoms with E-state index in [-0.39, 0.29) is 6.04 Å². The molecule has 7 heteroatoms. The molecule has 0 spiro atoms. The summed E-state index contributed by atoms with van der Waals surface area (Å²) in [5.74, 6) is 0. The fourth-order valence-electron chi connectivity index (χ4n) is 1.86. The standard InChI is InChI=1S/C14H26N2O3S2/c1-10(2)15-9-13-8-14(12(4)20-13)21(17,18)16-11(3)6-7-19-5/h8,10-11,15-16H,6-7,9H2,1-5H3. The predicted molar refractivity (Wildman–Crippen MR) is 87.3 cm³/mol. The maximum absolute atomic E-state index is 12.4. The summed E-state index contributed by atoms with van der Waals surface area (Å²) in [6.07, 6.45) is 0.653. The van der Waals surface area contributed by atoms with E-state index in [2.05, 4.69) is 23.9 Å². The van der Waals surface area contributed by atoms with Crippen molar-refractivity contribution in [2.75, 3.05) is 13.7 Å². The highest BCUT2D eigenvalue weighted by molar-refractivity contribution is 7.89. The van der Waals surface area contributed by atoms with E-state index < -0.39 is 10.0 Å². The third kappa shape index (κ3) is 6.04. The largest absolute Gasteiger partial charge is 0.385 e. The van der Waals surface area contributed by atoms with Gasteiger partial charge < -0.3 is 10.1 Å². The Kier molecular flexibility index (Phi) is 7.29. The van der Waals surface area contributed by atoms with Crippen molar-refractivity contribution in [3.05, 3.63) is 15.8 Å². The smallest absolute Gasteiger partial charge is 0.241 e. The Hall–Kier alpha value is -0.470. The summed E-state index contributed by atoms with van der Waals surface area (Å²) in [7, 11) is -1.85.